The Hall–Kier alpha value is -2.80. The second kappa shape index (κ2) is 4.36. The summed E-state index contributed by atoms with van der Waals surface area (Å²) in [6.45, 7) is 10.1. The maximum atomic E-state index is 5.58. The SMILES string of the molecule is CC12c3ccccc3[C@@]3(C)c4cc5cocc5cc4[C@@](C)(c4ccccc41)C23C. The highest BCUT2D eigenvalue weighted by Crippen LogP contribution is 2.82. The van der Waals surface area contributed by atoms with Crippen LogP contribution in [0.15, 0.2) is 77.6 Å². The van der Waals surface area contributed by atoms with Gasteiger partial charge in [0.15, 0.2) is 0 Å². The maximum absolute atomic E-state index is 5.58. The molecule has 0 fully saturated rings. The molecule has 4 aromatic rings. The monoisotopic (exact) mass is 376 g/mol. The number of benzene rings is 3. The third kappa shape index (κ3) is 1.25. The Kier molecular flexibility index (Phi) is 2.41. The van der Waals surface area contributed by atoms with E-state index in [0.29, 0.717) is 0 Å². The van der Waals surface area contributed by atoms with Crippen molar-refractivity contribution in [3.8, 4) is 0 Å². The Labute approximate surface area is 171 Å². The lowest BCUT2D eigenvalue weighted by atomic mass is 9.52. The minimum absolute atomic E-state index is 0.0126. The lowest BCUT2D eigenvalue weighted by molar-refractivity contribution is 0.0997. The highest BCUT2D eigenvalue weighted by molar-refractivity contribution is 5.87. The summed E-state index contributed by atoms with van der Waals surface area (Å²) < 4.78 is 5.58. The third-order valence-corrected chi connectivity index (χ3v) is 9.70. The summed E-state index contributed by atoms with van der Waals surface area (Å²) in [5, 5.41) is 2.41. The Morgan fingerprint density at radius 2 is 0.862 bits per heavy atom. The van der Waals surface area contributed by atoms with Crippen LogP contribution in [0.2, 0.25) is 0 Å². The van der Waals surface area contributed by atoms with Crippen molar-refractivity contribution in [2.24, 2.45) is 5.41 Å². The molecule has 1 aromatic heterocycles. The lowest BCUT2D eigenvalue weighted by Crippen LogP contribution is -2.51. The van der Waals surface area contributed by atoms with Crippen molar-refractivity contribution in [2.45, 2.75) is 43.9 Å². The van der Waals surface area contributed by atoms with Gasteiger partial charge in [-0.1, -0.05) is 76.2 Å². The summed E-state index contributed by atoms with van der Waals surface area (Å²) in [7, 11) is 0. The lowest BCUT2D eigenvalue weighted by Gasteiger charge is -2.49. The van der Waals surface area contributed by atoms with E-state index in [0.717, 1.165) is 0 Å². The molecule has 0 bridgehead atoms. The Morgan fingerprint density at radius 3 is 1.24 bits per heavy atom. The van der Waals surface area contributed by atoms with E-state index in [1.54, 1.807) is 0 Å². The molecule has 3 aromatic carbocycles. The molecule has 0 radical (unpaired) electrons. The minimum Gasteiger partial charge on any atom is -0.471 e. The molecule has 4 atom stereocenters. The van der Waals surface area contributed by atoms with E-state index in [1.165, 1.54) is 44.2 Å². The van der Waals surface area contributed by atoms with Crippen molar-refractivity contribution in [2.75, 3.05) is 0 Å². The van der Waals surface area contributed by atoms with Crippen LogP contribution in [0.25, 0.3) is 10.8 Å². The molecule has 0 saturated heterocycles. The van der Waals surface area contributed by atoms with Crippen LogP contribution in [0.1, 0.15) is 61.1 Å². The summed E-state index contributed by atoms with van der Waals surface area (Å²) in [5.74, 6) is 0. The molecule has 3 aliphatic rings. The second-order valence-electron chi connectivity index (χ2n) is 9.99. The number of hydrogen-bond donors (Lipinski definition) is 0. The van der Waals surface area contributed by atoms with Gasteiger partial charge in [-0.3, -0.25) is 0 Å². The van der Waals surface area contributed by atoms with Gasteiger partial charge in [0.25, 0.3) is 0 Å². The van der Waals surface area contributed by atoms with E-state index in [2.05, 4.69) is 88.4 Å². The number of furan rings is 1. The topological polar surface area (TPSA) is 13.1 Å². The Balaban J connectivity index is 1.78. The molecule has 7 rings (SSSR count). The Bertz CT molecular complexity index is 1280. The van der Waals surface area contributed by atoms with Crippen LogP contribution >= 0.6 is 0 Å². The van der Waals surface area contributed by atoms with Gasteiger partial charge in [-0.25, -0.2) is 0 Å². The molecule has 0 N–H and O–H groups in total. The molecule has 29 heavy (non-hydrogen) atoms. The number of rotatable bonds is 0. The van der Waals surface area contributed by atoms with Gasteiger partial charge < -0.3 is 4.42 Å². The van der Waals surface area contributed by atoms with E-state index in [1.807, 2.05) is 12.5 Å². The highest BCUT2D eigenvalue weighted by atomic mass is 16.3. The summed E-state index contributed by atoms with van der Waals surface area (Å²) in [6, 6.07) is 23.2. The molecule has 0 saturated carbocycles. The standard InChI is InChI=1S/C28H24O/c1-25-19-9-5-7-11-21(19)26(2)23-13-17-15-29-16-18(17)14-24(23)27(3,28(25,26)4)22-12-8-6-10-20(22)25/h5-16H,1-4H3/t25?,26-,27+,28?. The predicted octanol–water partition coefficient (Wildman–Crippen LogP) is 6.70. The van der Waals surface area contributed by atoms with Crippen molar-refractivity contribution in [3.63, 3.8) is 0 Å². The van der Waals surface area contributed by atoms with Crippen LogP contribution in [-0.2, 0) is 16.2 Å². The van der Waals surface area contributed by atoms with Gasteiger partial charge in [-0.15, -0.1) is 0 Å². The average Bonchev–Trinajstić information content (AvgIpc) is 3.36. The predicted molar refractivity (Wildman–Crippen MR) is 117 cm³/mol. The first kappa shape index (κ1) is 16.0. The van der Waals surface area contributed by atoms with E-state index in [-0.39, 0.29) is 21.7 Å². The first-order valence-corrected chi connectivity index (χ1v) is 10.6. The summed E-state index contributed by atoms with van der Waals surface area (Å²) >= 11 is 0. The van der Waals surface area contributed by atoms with Crippen molar-refractivity contribution in [1.29, 1.82) is 0 Å². The zero-order valence-electron chi connectivity index (χ0n) is 17.3. The fourth-order valence-electron chi connectivity index (χ4n) is 8.11. The Morgan fingerprint density at radius 1 is 0.517 bits per heavy atom. The number of hydrogen-bond acceptors (Lipinski definition) is 1. The molecule has 0 amide bonds. The van der Waals surface area contributed by atoms with Crippen molar-refractivity contribution >= 4 is 10.8 Å². The average molecular weight is 376 g/mol. The smallest absolute Gasteiger partial charge is 0.0981 e. The first-order chi connectivity index (χ1) is 13.9. The molecule has 1 heterocycles. The molecular formula is C28H24O. The van der Waals surface area contributed by atoms with Crippen LogP contribution < -0.4 is 0 Å². The first-order valence-electron chi connectivity index (χ1n) is 10.6. The summed E-state index contributed by atoms with van der Waals surface area (Å²) in [4.78, 5) is 0. The zero-order valence-corrected chi connectivity index (χ0v) is 17.3. The van der Waals surface area contributed by atoms with Crippen molar-refractivity contribution < 1.29 is 4.42 Å². The van der Waals surface area contributed by atoms with E-state index < -0.39 is 0 Å². The quantitative estimate of drug-likeness (QED) is 0.333. The van der Waals surface area contributed by atoms with E-state index in [9.17, 15) is 0 Å². The molecule has 0 aliphatic heterocycles. The molecule has 2 unspecified atom stereocenters. The molecule has 1 heteroatoms. The van der Waals surface area contributed by atoms with E-state index in [4.69, 9.17) is 4.42 Å². The van der Waals surface area contributed by atoms with Gasteiger partial charge in [0.1, 0.15) is 0 Å². The number of fused-ring (bicyclic) bond motifs is 10. The van der Waals surface area contributed by atoms with Gasteiger partial charge in [0, 0.05) is 32.4 Å². The summed E-state index contributed by atoms with van der Waals surface area (Å²) in [6.07, 6.45) is 3.79. The molecule has 1 nitrogen and oxygen atoms in total. The molecular weight excluding hydrogens is 352 g/mol. The highest BCUT2D eigenvalue weighted by Gasteiger charge is 2.79. The van der Waals surface area contributed by atoms with Crippen LogP contribution in [0.5, 0.6) is 0 Å². The zero-order chi connectivity index (χ0) is 19.8. The van der Waals surface area contributed by atoms with Crippen LogP contribution in [-0.4, -0.2) is 0 Å². The minimum atomic E-state index is -0.0626. The maximum Gasteiger partial charge on any atom is 0.0981 e. The van der Waals surface area contributed by atoms with Gasteiger partial charge in [0.2, 0.25) is 0 Å². The van der Waals surface area contributed by atoms with Gasteiger partial charge in [-0.05, 0) is 45.5 Å². The van der Waals surface area contributed by atoms with Crippen LogP contribution in [0.4, 0.5) is 0 Å². The van der Waals surface area contributed by atoms with Crippen molar-refractivity contribution in [1.82, 2.24) is 0 Å². The van der Waals surface area contributed by atoms with Gasteiger partial charge in [0.05, 0.1) is 12.5 Å². The third-order valence-electron chi connectivity index (χ3n) is 9.70. The fourth-order valence-corrected chi connectivity index (χ4v) is 8.11. The largest absolute Gasteiger partial charge is 0.471 e. The van der Waals surface area contributed by atoms with Crippen LogP contribution in [0.3, 0.4) is 0 Å². The molecule has 3 aliphatic carbocycles. The van der Waals surface area contributed by atoms with E-state index >= 15 is 0 Å². The normalized spacial score (nSPS) is 35.4. The van der Waals surface area contributed by atoms with Crippen molar-refractivity contribution in [3.05, 3.63) is 107 Å². The van der Waals surface area contributed by atoms with Gasteiger partial charge >= 0.3 is 0 Å². The molecule has 142 valence electrons. The van der Waals surface area contributed by atoms with Gasteiger partial charge in [-0.2, -0.15) is 0 Å². The second-order valence-corrected chi connectivity index (χ2v) is 9.99. The molecule has 0 spiro atoms. The summed E-state index contributed by atoms with van der Waals surface area (Å²) in [5.41, 5.74) is 8.79. The van der Waals surface area contributed by atoms with Crippen LogP contribution in [0, 0.1) is 5.41 Å². The fraction of sp³-hybridized carbons (Fsp3) is 0.286.